The predicted octanol–water partition coefficient (Wildman–Crippen LogP) is 3.59. The molecular weight excluding hydrogens is 314 g/mol. The first-order chi connectivity index (χ1) is 9.04. The van der Waals surface area contributed by atoms with Crippen molar-refractivity contribution >= 4 is 15.9 Å². The first-order valence-electron chi connectivity index (χ1n) is 5.70. The summed E-state index contributed by atoms with van der Waals surface area (Å²) in [4.78, 5) is 0. The predicted molar refractivity (Wildman–Crippen MR) is 74.4 cm³/mol. The fourth-order valence-electron chi connectivity index (χ4n) is 2.00. The molecule has 0 amide bonds. The van der Waals surface area contributed by atoms with E-state index in [1.807, 2.05) is 25.1 Å². The van der Waals surface area contributed by atoms with Crippen LogP contribution in [0, 0.1) is 18.6 Å². The number of hydrogen-bond donors (Lipinski definition) is 2. The Kier molecular flexibility index (Phi) is 4.29. The molecule has 3 N–H and O–H groups in total. The zero-order chi connectivity index (χ0) is 14.0. The van der Waals surface area contributed by atoms with E-state index in [1.165, 1.54) is 12.1 Å². The second-order valence-electron chi connectivity index (χ2n) is 4.27. The van der Waals surface area contributed by atoms with E-state index in [9.17, 15) is 8.78 Å². The topological polar surface area (TPSA) is 38.0 Å². The minimum Gasteiger partial charge on any atom is -0.271 e. The molecule has 0 bridgehead atoms. The minimum absolute atomic E-state index is 0.0949. The number of hydrazine groups is 1. The van der Waals surface area contributed by atoms with Crippen molar-refractivity contribution < 1.29 is 8.78 Å². The van der Waals surface area contributed by atoms with Crippen molar-refractivity contribution in [3.8, 4) is 0 Å². The third-order valence-corrected chi connectivity index (χ3v) is 3.52. The Hall–Kier alpha value is -1.30. The Morgan fingerprint density at radius 3 is 2.58 bits per heavy atom. The van der Waals surface area contributed by atoms with Gasteiger partial charge in [0.1, 0.15) is 11.6 Å². The van der Waals surface area contributed by atoms with E-state index < -0.39 is 17.7 Å². The molecule has 0 saturated carbocycles. The van der Waals surface area contributed by atoms with E-state index in [2.05, 4.69) is 21.4 Å². The summed E-state index contributed by atoms with van der Waals surface area (Å²) >= 11 is 3.05. The highest BCUT2D eigenvalue weighted by Crippen LogP contribution is 2.30. The molecule has 1 unspecified atom stereocenters. The van der Waals surface area contributed by atoms with Gasteiger partial charge >= 0.3 is 0 Å². The highest BCUT2D eigenvalue weighted by Gasteiger charge is 2.22. The van der Waals surface area contributed by atoms with Crippen molar-refractivity contribution in [1.82, 2.24) is 5.43 Å². The smallest absolute Gasteiger partial charge is 0.145 e. The van der Waals surface area contributed by atoms with Gasteiger partial charge in [-0.15, -0.1) is 0 Å². The van der Waals surface area contributed by atoms with Crippen molar-refractivity contribution in [3.05, 3.63) is 69.2 Å². The zero-order valence-electron chi connectivity index (χ0n) is 10.3. The van der Waals surface area contributed by atoms with Crippen LogP contribution >= 0.6 is 15.9 Å². The van der Waals surface area contributed by atoms with E-state index in [0.29, 0.717) is 5.56 Å². The molecule has 0 saturated heterocycles. The van der Waals surface area contributed by atoms with Crippen LogP contribution in [0.3, 0.4) is 0 Å². The molecule has 0 aromatic heterocycles. The SMILES string of the molecule is Cc1cccc(C(NN)c2c(F)ccc(Br)c2F)c1. The van der Waals surface area contributed by atoms with E-state index in [1.54, 1.807) is 6.07 Å². The van der Waals surface area contributed by atoms with Gasteiger partial charge in [0.05, 0.1) is 10.5 Å². The van der Waals surface area contributed by atoms with Gasteiger partial charge in [0.15, 0.2) is 0 Å². The average Bonchev–Trinajstić information content (AvgIpc) is 2.39. The van der Waals surface area contributed by atoms with Crippen LogP contribution in [0.25, 0.3) is 0 Å². The Bertz CT molecular complexity index is 602. The van der Waals surface area contributed by atoms with Crippen LogP contribution in [0.2, 0.25) is 0 Å². The van der Waals surface area contributed by atoms with Gasteiger partial charge in [-0.25, -0.2) is 14.2 Å². The lowest BCUT2D eigenvalue weighted by Gasteiger charge is -2.19. The van der Waals surface area contributed by atoms with Crippen LogP contribution in [0.15, 0.2) is 40.9 Å². The number of aryl methyl sites for hydroxylation is 1. The van der Waals surface area contributed by atoms with Crippen LogP contribution in [-0.2, 0) is 0 Å². The summed E-state index contributed by atoms with van der Waals surface area (Å²) in [7, 11) is 0. The normalized spacial score (nSPS) is 12.5. The summed E-state index contributed by atoms with van der Waals surface area (Å²) in [5.74, 6) is 4.19. The number of nitrogens with one attached hydrogen (secondary N) is 1. The van der Waals surface area contributed by atoms with Gasteiger partial charge in [0.2, 0.25) is 0 Å². The van der Waals surface area contributed by atoms with Gasteiger partial charge in [-0.2, -0.15) is 0 Å². The molecule has 0 fully saturated rings. The number of rotatable bonds is 3. The van der Waals surface area contributed by atoms with Crippen molar-refractivity contribution in [1.29, 1.82) is 0 Å². The monoisotopic (exact) mass is 326 g/mol. The Balaban J connectivity index is 2.57. The first-order valence-corrected chi connectivity index (χ1v) is 6.50. The van der Waals surface area contributed by atoms with Crippen molar-refractivity contribution in [3.63, 3.8) is 0 Å². The van der Waals surface area contributed by atoms with Crippen LogP contribution < -0.4 is 11.3 Å². The molecule has 2 rings (SSSR count). The van der Waals surface area contributed by atoms with Crippen LogP contribution in [0.5, 0.6) is 0 Å². The molecule has 0 radical (unpaired) electrons. The number of nitrogens with two attached hydrogens (primary N) is 1. The lowest BCUT2D eigenvalue weighted by molar-refractivity contribution is 0.507. The molecule has 5 heteroatoms. The average molecular weight is 327 g/mol. The van der Waals surface area contributed by atoms with Crippen molar-refractivity contribution in [2.24, 2.45) is 5.84 Å². The molecule has 2 aromatic rings. The van der Waals surface area contributed by atoms with Gasteiger partial charge in [0, 0.05) is 5.56 Å². The minimum atomic E-state index is -0.739. The Morgan fingerprint density at radius 2 is 1.95 bits per heavy atom. The Labute approximate surface area is 118 Å². The fourth-order valence-corrected chi connectivity index (χ4v) is 2.35. The van der Waals surface area contributed by atoms with Gasteiger partial charge in [-0.05, 0) is 40.5 Å². The van der Waals surface area contributed by atoms with Gasteiger partial charge in [-0.1, -0.05) is 29.8 Å². The lowest BCUT2D eigenvalue weighted by Crippen LogP contribution is -2.30. The standard InChI is InChI=1S/C14H13BrF2N2/c1-8-3-2-4-9(7-8)14(19-18)12-11(16)6-5-10(15)13(12)17/h2-7,14,19H,18H2,1H3. The molecule has 0 aliphatic rings. The molecule has 2 aromatic carbocycles. The fraction of sp³-hybridized carbons (Fsp3) is 0.143. The van der Waals surface area contributed by atoms with E-state index >= 15 is 0 Å². The molecule has 1 atom stereocenters. The van der Waals surface area contributed by atoms with Crippen LogP contribution in [0.4, 0.5) is 8.78 Å². The molecule has 0 heterocycles. The molecular formula is C14H13BrF2N2. The molecule has 0 aliphatic carbocycles. The highest BCUT2D eigenvalue weighted by molar-refractivity contribution is 9.10. The molecule has 2 nitrogen and oxygen atoms in total. The largest absolute Gasteiger partial charge is 0.271 e. The summed E-state index contributed by atoms with van der Waals surface area (Å²) in [5, 5.41) is 0. The number of benzene rings is 2. The summed E-state index contributed by atoms with van der Waals surface area (Å²) in [5.41, 5.74) is 4.08. The van der Waals surface area contributed by atoms with Crippen LogP contribution in [0.1, 0.15) is 22.7 Å². The third kappa shape index (κ3) is 2.83. The highest BCUT2D eigenvalue weighted by atomic mass is 79.9. The number of halogens is 3. The summed E-state index contributed by atoms with van der Waals surface area (Å²) < 4.78 is 28.2. The van der Waals surface area contributed by atoms with E-state index in [-0.39, 0.29) is 10.0 Å². The maximum Gasteiger partial charge on any atom is 0.145 e. The van der Waals surface area contributed by atoms with E-state index in [4.69, 9.17) is 5.84 Å². The maximum atomic E-state index is 14.1. The number of hydrogen-bond acceptors (Lipinski definition) is 2. The quantitative estimate of drug-likeness (QED) is 0.514. The molecule has 100 valence electrons. The second kappa shape index (κ2) is 5.77. The summed E-state index contributed by atoms with van der Waals surface area (Å²) in [6.45, 7) is 1.91. The molecule has 0 spiro atoms. The van der Waals surface area contributed by atoms with Gasteiger partial charge in [0.25, 0.3) is 0 Å². The van der Waals surface area contributed by atoms with Gasteiger partial charge < -0.3 is 0 Å². The lowest BCUT2D eigenvalue weighted by atomic mass is 9.97. The zero-order valence-corrected chi connectivity index (χ0v) is 11.8. The van der Waals surface area contributed by atoms with Crippen molar-refractivity contribution in [2.45, 2.75) is 13.0 Å². The second-order valence-corrected chi connectivity index (χ2v) is 5.13. The molecule has 19 heavy (non-hydrogen) atoms. The van der Waals surface area contributed by atoms with Gasteiger partial charge in [-0.3, -0.25) is 5.84 Å². The Morgan fingerprint density at radius 1 is 1.21 bits per heavy atom. The third-order valence-electron chi connectivity index (χ3n) is 2.91. The first kappa shape index (κ1) is 14.1. The summed E-state index contributed by atoms with van der Waals surface area (Å²) in [6, 6.07) is 9.15. The van der Waals surface area contributed by atoms with E-state index in [0.717, 1.165) is 5.56 Å². The maximum absolute atomic E-state index is 14.1. The van der Waals surface area contributed by atoms with Crippen LogP contribution in [-0.4, -0.2) is 0 Å². The molecule has 0 aliphatic heterocycles. The summed E-state index contributed by atoms with van der Waals surface area (Å²) in [6.07, 6.45) is 0. The van der Waals surface area contributed by atoms with Crippen molar-refractivity contribution in [2.75, 3.05) is 0 Å².